The molecule has 3 heterocycles. The standard InChI is InChI=1S/C20H17F5N6O2/c21-18(22)33-14-3-1-12(2-4-14)13-9-17(30-27-10-13)28-16-5-6-26-19(29-16)31-7-8-32-15(11-31)20(23,24)25/h1-6,9-10,15,18H,7-8,11H2,(H,26,28,29,30). The van der Waals surface area contributed by atoms with E-state index in [0.29, 0.717) is 22.8 Å². The van der Waals surface area contributed by atoms with Crippen LogP contribution in [0.3, 0.4) is 0 Å². The highest BCUT2D eigenvalue weighted by Gasteiger charge is 2.43. The highest BCUT2D eigenvalue weighted by atomic mass is 19.4. The van der Waals surface area contributed by atoms with Crippen molar-refractivity contribution in [3.63, 3.8) is 0 Å². The number of halogens is 5. The number of ether oxygens (including phenoxy) is 2. The molecular weight excluding hydrogens is 451 g/mol. The molecule has 1 aliphatic rings. The smallest absolute Gasteiger partial charge is 0.416 e. The number of anilines is 3. The first-order chi connectivity index (χ1) is 15.8. The first-order valence-electron chi connectivity index (χ1n) is 9.69. The molecule has 0 radical (unpaired) electrons. The van der Waals surface area contributed by atoms with E-state index in [4.69, 9.17) is 4.74 Å². The van der Waals surface area contributed by atoms with Crippen LogP contribution in [0, 0.1) is 0 Å². The third-order valence-electron chi connectivity index (χ3n) is 4.68. The van der Waals surface area contributed by atoms with Crippen molar-refractivity contribution in [2.75, 3.05) is 29.9 Å². The number of morpholine rings is 1. The van der Waals surface area contributed by atoms with E-state index in [9.17, 15) is 22.0 Å². The van der Waals surface area contributed by atoms with Crippen LogP contribution in [0.25, 0.3) is 11.1 Å². The van der Waals surface area contributed by atoms with Crippen molar-refractivity contribution < 1.29 is 31.4 Å². The lowest BCUT2D eigenvalue weighted by Crippen LogP contribution is -2.49. The van der Waals surface area contributed by atoms with Gasteiger partial charge < -0.3 is 19.7 Å². The van der Waals surface area contributed by atoms with Crippen LogP contribution in [0.15, 0.2) is 48.8 Å². The van der Waals surface area contributed by atoms with Gasteiger partial charge in [-0.25, -0.2) is 4.98 Å². The molecule has 0 amide bonds. The van der Waals surface area contributed by atoms with Gasteiger partial charge >= 0.3 is 12.8 Å². The molecule has 0 bridgehead atoms. The van der Waals surface area contributed by atoms with Crippen LogP contribution in [0.5, 0.6) is 5.75 Å². The number of benzene rings is 1. The summed E-state index contributed by atoms with van der Waals surface area (Å²) in [6, 6.07) is 9.19. The Morgan fingerprint density at radius 2 is 1.88 bits per heavy atom. The van der Waals surface area contributed by atoms with Crippen LogP contribution in [-0.2, 0) is 4.74 Å². The molecule has 4 rings (SSSR count). The van der Waals surface area contributed by atoms with E-state index < -0.39 is 25.4 Å². The predicted molar refractivity (Wildman–Crippen MR) is 107 cm³/mol. The fourth-order valence-corrected chi connectivity index (χ4v) is 3.15. The summed E-state index contributed by atoms with van der Waals surface area (Å²) >= 11 is 0. The fraction of sp³-hybridized carbons (Fsp3) is 0.300. The van der Waals surface area contributed by atoms with Crippen LogP contribution < -0.4 is 15.0 Å². The van der Waals surface area contributed by atoms with Gasteiger partial charge in [0.1, 0.15) is 11.6 Å². The second-order valence-electron chi connectivity index (χ2n) is 6.95. The topological polar surface area (TPSA) is 85.3 Å². The summed E-state index contributed by atoms with van der Waals surface area (Å²) in [5.41, 5.74) is 1.33. The molecule has 8 nitrogen and oxygen atoms in total. The lowest BCUT2D eigenvalue weighted by molar-refractivity contribution is -0.221. The average molecular weight is 468 g/mol. The van der Waals surface area contributed by atoms with E-state index in [1.54, 1.807) is 18.2 Å². The monoisotopic (exact) mass is 468 g/mol. The van der Waals surface area contributed by atoms with Gasteiger partial charge in [-0.1, -0.05) is 12.1 Å². The van der Waals surface area contributed by atoms with Crippen molar-refractivity contribution in [2.45, 2.75) is 18.9 Å². The maximum atomic E-state index is 13.0. The number of hydrogen-bond donors (Lipinski definition) is 1. The summed E-state index contributed by atoms with van der Waals surface area (Å²) < 4.78 is 72.7. The molecule has 1 aliphatic heterocycles. The zero-order valence-corrected chi connectivity index (χ0v) is 16.8. The minimum absolute atomic E-state index is 0.0264. The van der Waals surface area contributed by atoms with E-state index in [1.807, 2.05) is 0 Å². The Labute approximate surface area is 184 Å². The third-order valence-corrected chi connectivity index (χ3v) is 4.68. The van der Waals surface area contributed by atoms with Gasteiger partial charge in [-0.15, -0.1) is 5.10 Å². The summed E-state index contributed by atoms with van der Waals surface area (Å²) in [6.07, 6.45) is -3.48. The lowest BCUT2D eigenvalue weighted by Gasteiger charge is -2.33. The molecule has 1 fully saturated rings. The first kappa shape index (κ1) is 22.6. The molecule has 174 valence electrons. The Morgan fingerprint density at radius 3 is 2.61 bits per heavy atom. The summed E-state index contributed by atoms with van der Waals surface area (Å²) in [7, 11) is 0. The zero-order chi connectivity index (χ0) is 23.4. The normalized spacial score (nSPS) is 16.7. The Balaban J connectivity index is 1.48. The van der Waals surface area contributed by atoms with E-state index in [1.165, 1.54) is 35.5 Å². The van der Waals surface area contributed by atoms with Crippen LogP contribution in [0.2, 0.25) is 0 Å². The van der Waals surface area contributed by atoms with Crippen molar-refractivity contribution in [3.8, 4) is 16.9 Å². The van der Waals surface area contributed by atoms with Crippen molar-refractivity contribution in [2.24, 2.45) is 0 Å². The molecule has 1 N–H and O–H groups in total. The number of hydrogen-bond acceptors (Lipinski definition) is 8. The highest BCUT2D eigenvalue weighted by molar-refractivity contribution is 5.67. The van der Waals surface area contributed by atoms with Gasteiger partial charge in [0.2, 0.25) is 5.95 Å². The lowest BCUT2D eigenvalue weighted by atomic mass is 10.1. The largest absolute Gasteiger partial charge is 0.435 e. The summed E-state index contributed by atoms with van der Waals surface area (Å²) in [5, 5.41) is 10.8. The van der Waals surface area contributed by atoms with Gasteiger partial charge in [-0.3, -0.25) is 0 Å². The molecule has 0 saturated carbocycles. The molecule has 2 aromatic heterocycles. The number of nitrogens with one attached hydrogen (secondary N) is 1. The molecule has 0 aliphatic carbocycles. The van der Waals surface area contributed by atoms with E-state index in [2.05, 4.69) is 30.2 Å². The van der Waals surface area contributed by atoms with Crippen LogP contribution in [-0.4, -0.2) is 58.8 Å². The minimum atomic E-state index is -4.48. The summed E-state index contributed by atoms with van der Waals surface area (Å²) in [6.45, 7) is -3.20. The Bertz CT molecular complexity index is 1080. The van der Waals surface area contributed by atoms with Gasteiger partial charge in [0, 0.05) is 18.3 Å². The van der Waals surface area contributed by atoms with Crippen molar-refractivity contribution in [3.05, 3.63) is 48.8 Å². The number of alkyl halides is 5. The van der Waals surface area contributed by atoms with Gasteiger partial charge in [0.25, 0.3) is 0 Å². The minimum Gasteiger partial charge on any atom is -0.435 e. The Kier molecular flexibility index (Phi) is 6.49. The van der Waals surface area contributed by atoms with E-state index in [-0.39, 0.29) is 24.8 Å². The number of rotatable bonds is 6. The van der Waals surface area contributed by atoms with E-state index >= 15 is 0 Å². The van der Waals surface area contributed by atoms with Crippen molar-refractivity contribution >= 4 is 17.6 Å². The number of aromatic nitrogens is 4. The van der Waals surface area contributed by atoms with Crippen molar-refractivity contribution in [1.29, 1.82) is 0 Å². The summed E-state index contributed by atoms with van der Waals surface area (Å²) in [5.74, 6) is 0.775. The van der Waals surface area contributed by atoms with Crippen LogP contribution in [0.1, 0.15) is 0 Å². The van der Waals surface area contributed by atoms with Gasteiger partial charge in [-0.2, -0.15) is 32.0 Å². The average Bonchev–Trinajstić information content (AvgIpc) is 2.79. The quantitative estimate of drug-likeness (QED) is 0.543. The molecule has 1 atom stereocenters. The molecule has 1 aromatic carbocycles. The molecule has 33 heavy (non-hydrogen) atoms. The van der Waals surface area contributed by atoms with Gasteiger partial charge in [-0.05, 0) is 29.8 Å². The SMILES string of the molecule is FC(F)Oc1ccc(-c2cnnc(Nc3ccnc(N4CCOC(C(F)(F)F)C4)n3)c2)cc1. The third kappa shape index (κ3) is 5.80. The zero-order valence-electron chi connectivity index (χ0n) is 16.8. The van der Waals surface area contributed by atoms with Crippen LogP contribution >= 0.6 is 0 Å². The maximum Gasteiger partial charge on any atom is 0.416 e. The van der Waals surface area contributed by atoms with Gasteiger partial charge in [0.05, 0.1) is 19.3 Å². The number of nitrogens with zero attached hydrogens (tertiary/aromatic N) is 5. The predicted octanol–water partition coefficient (Wildman–Crippen LogP) is 4.05. The Hall–Kier alpha value is -3.61. The fourth-order valence-electron chi connectivity index (χ4n) is 3.15. The van der Waals surface area contributed by atoms with Gasteiger partial charge in [0.15, 0.2) is 11.9 Å². The molecule has 13 heteroatoms. The molecule has 1 unspecified atom stereocenters. The first-order valence-corrected chi connectivity index (χ1v) is 9.69. The molecule has 0 spiro atoms. The highest BCUT2D eigenvalue weighted by Crippen LogP contribution is 2.28. The second-order valence-corrected chi connectivity index (χ2v) is 6.95. The Morgan fingerprint density at radius 1 is 1.09 bits per heavy atom. The second kappa shape index (κ2) is 9.48. The van der Waals surface area contributed by atoms with Crippen LogP contribution in [0.4, 0.5) is 39.5 Å². The molecule has 1 saturated heterocycles. The van der Waals surface area contributed by atoms with Crippen molar-refractivity contribution in [1.82, 2.24) is 20.2 Å². The summed E-state index contributed by atoms with van der Waals surface area (Å²) in [4.78, 5) is 9.74. The maximum absolute atomic E-state index is 13.0. The molecular formula is C20H17F5N6O2. The molecule has 3 aromatic rings. The van der Waals surface area contributed by atoms with E-state index in [0.717, 1.165) is 0 Å².